The van der Waals surface area contributed by atoms with E-state index in [0.717, 1.165) is 17.0 Å². The van der Waals surface area contributed by atoms with Gasteiger partial charge in [-0.15, -0.1) is 0 Å². The smallest absolute Gasteiger partial charge is 0.272 e. The molecule has 2 aromatic rings. The molecule has 98 valence electrons. The predicted octanol–water partition coefficient (Wildman–Crippen LogP) is 0.257. The lowest BCUT2D eigenvalue weighted by molar-refractivity contribution is 0.0739. The summed E-state index contributed by atoms with van der Waals surface area (Å²) in [4.78, 5) is 22.2. The van der Waals surface area contributed by atoms with Crippen LogP contribution < -0.4 is 5.73 Å². The summed E-state index contributed by atoms with van der Waals surface area (Å²) in [6.07, 6.45) is 1.68. The summed E-state index contributed by atoms with van der Waals surface area (Å²) in [5.74, 6) is 0.184. The molecule has 3 rings (SSSR count). The highest BCUT2D eigenvalue weighted by Crippen LogP contribution is 2.22. The molecule has 19 heavy (non-hydrogen) atoms. The summed E-state index contributed by atoms with van der Waals surface area (Å²) in [5.41, 5.74) is 8.72. The number of rotatable bonds is 1. The number of nitrogens with zero attached hydrogens (tertiary/aromatic N) is 5. The van der Waals surface area contributed by atoms with Gasteiger partial charge in [-0.25, -0.2) is 9.97 Å². The van der Waals surface area contributed by atoms with Crippen LogP contribution in [0.4, 0.5) is 5.95 Å². The molecule has 0 aliphatic carbocycles. The maximum atomic E-state index is 12.4. The molecule has 1 amide bonds. The monoisotopic (exact) mass is 258 g/mol. The van der Waals surface area contributed by atoms with Crippen molar-refractivity contribution in [3.63, 3.8) is 0 Å². The fourth-order valence-corrected chi connectivity index (χ4v) is 2.29. The molecule has 0 atom stereocenters. The fourth-order valence-electron chi connectivity index (χ4n) is 2.29. The first kappa shape index (κ1) is 11.6. The zero-order valence-corrected chi connectivity index (χ0v) is 10.8. The molecule has 0 saturated carbocycles. The summed E-state index contributed by atoms with van der Waals surface area (Å²) in [5, 5.41) is 4.19. The number of nitrogen functional groups attached to an aromatic ring is 1. The second kappa shape index (κ2) is 4.04. The molecule has 0 unspecified atom stereocenters. The van der Waals surface area contributed by atoms with Gasteiger partial charge in [0.25, 0.3) is 5.91 Å². The van der Waals surface area contributed by atoms with Gasteiger partial charge in [0, 0.05) is 25.4 Å². The van der Waals surface area contributed by atoms with Gasteiger partial charge in [-0.2, -0.15) is 5.10 Å². The standard InChI is InChI=1S/C12H14N6O/c1-7-3-10(17(2)16-7)11(19)18-5-8-4-14-12(13)15-9(8)6-18/h3-4H,5-6H2,1-2H3,(H2,13,14,15). The Morgan fingerprint density at radius 3 is 2.89 bits per heavy atom. The Kier molecular flexibility index (Phi) is 2.48. The van der Waals surface area contributed by atoms with Crippen LogP contribution in [0.15, 0.2) is 12.3 Å². The zero-order chi connectivity index (χ0) is 13.6. The maximum absolute atomic E-state index is 12.4. The number of carbonyl (C=O) groups excluding carboxylic acids is 1. The van der Waals surface area contributed by atoms with E-state index in [4.69, 9.17) is 5.73 Å². The van der Waals surface area contributed by atoms with E-state index in [1.54, 1.807) is 28.9 Å². The minimum absolute atomic E-state index is 0.0559. The van der Waals surface area contributed by atoms with Crippen LogP contribution in [0.2, 0.25) is 0 Å². The highest BCUT2D eigenvalue weighted by Gasteiger charge is 2.27. The fraction of sp³-hybridized carbons (Fsp3) is 0.333. The van der Waals surface area contributed by atoms with Crippen molar-refractivity contribution in [2.75, 3.05) is 5.73 Å². The zero-order valence-electron chi connectivity index (χ0n) is 10.8. The van der Waals surface area contributed by atoms with Gasteiger partial charge in [-0.05, 0) is 13.0 Å². The summed E-state index contributed by atoms with van der Waals surface area (Å²) in [7, 11) is 1.77. The van der Waals surface area contributed by atoms with Crippen LogP contribution in [0.25, 0.3) is 0 Å². The molecule has 7 nitrogen and oxygen atoms in total. The molecule has 0 bridgehead atoms. The van der Waals surface area contributed by atoms with E-state index in [1.165, 1.54) is 0 Å². The van der Waals surface area contributed by atoms with Gasteiger partial charge in [0.05, 0.1) is 17.9 Å². The maximum Gasteiger partial charge on any atom is 0.272 e. The normalized spacial score (nSPS) is 13.7. The predicted molar refractivity (Wildman–Crippen MR) is 68.0 cm³/mol. The van der Waals surface area contributed by atoms with E-state index >= 15 is 0 Å². The van der Waals surface area contributed by atoms with E-state index in [9.17, 15) is 4.79 Å². The van der Waals surface area contributed by atoms with Crippen LogP contribution in [-0.2, 0) is 20.1 Å². The van der Waals surface area contributed by atoms with E-state index in [1.807, 2.05) is 6.92 Å². The van der Waals surface area contributed by atoms with Gasteiger partial charge in [0.15, 0.2) is 0 Å². The first-order valence-electron chi connectivity index (χ1n) is 5.95. The quantitative estimate of drug-likeness (QED) is 0.792. The SMILES string of the molecule is Cc1cc(C(=O)N2Cc3cnc(N)nc3C2)n(C)n1. The molecule has 7 heteroatoms. The number of nitrogens with two attached hydrogens (primary N) is 1. The lowest BCUT2D eigenvalue weighted by Crippen LogP contribution is -2.27. The number of anilines is 1. The van der Waals surface area contributed by atoms with Gasteiger partial charge in [0.2, 0.25) is 5.95 Å². The van der Waals surface area contributed by atoms with Crippen molar-refractivity contribution in [2.45, 2.75) is 20.0 Å². The third-order valence-electron chi connectivity index (χ3n) is 3.18. The Bertz CT molecular complexity index is 662. The lowest BCUT2D eigenvalue weighted by atomic mass is 10.3. The molecular weight excluding hydrogens is 244 g/mol. The van der Waals surface area contributed by atoms with Crippen molar-refractivity contribution in [3.05, 3.63) is 34.9 Å². The molecule has 2 N–H and O–H groups in total. The number of hydrogen-bond donors (Lipinski definition) is 1. The van der Waals surface area contributed by atoms with Crippen molar-refractivity contribution in [2.24, 2.45) is 7.05 Å². The third kappa shape index (κ3) is 1.92. The van der Waals surface area contributed by atoms with Crippen molar-refractivity contribution >= 4 is 11.9 Å². The molecule has 0 fully saturated rings. The van der Waals surface area contributed by atoms with Crippen molar-refractivity contribution in [1.29, 1.82) is 0 Å². The molecular formula is C12H14N6O. The molecule has 0 radical (unpaired) electrons. The van der Waals surface area contributed by atoms with Crippen molar-refractivity contribution in [3.8, 4) is 0 Å². The van der Waals surface area contributed by atoms with E-state index in [2.05, 4.69) is 15.1 Å². The second-order valence-corrected chi connectivity index (χ2v) is 4.66. The van der Waals surface area contributed by atoms with Crippen LogP contribution in [0.1, 0.15) is 27.4 Å². The molecule has 2 aromatic heterocycles. The average molecular weight is 258 g/mol. The molecule has 3 heterocycles. The Morgan fingerprint density at radius 2 is 2.21 bits per heavy atom. The highest BCUT2D eigenvalue weighted by molar-refractivity contribution is 5.93. The number of amides is 1. The highest BCUT2D eigenvalue weighted by atomic mass is 16.2. The van der Waals surface area contributed by atoms with Crippen LogP contribution in [0.3, 0.4) is 0 Å². The lowest BCUT2D eigenvalue weighted by Gasteiger charge is -2.14. The number of aromatic nitrogens is 4. The van der Waals surface area contributed by atoms with Crippen LogP contribution in [-0.4, -0.2) is 30.6 Å². The second-order valence-electron chi connectivity index (χ2n) is 4.66. The van der Waals surface area contributed by atoms with Crippen LogP contribution >= 0.6 is 0 Å². The van der Waals surface area contributed by atoms with E-state index < -0.39 is 0 Å². The summed E-state index contributed by atoms with van der Waals surface area (Å²) < 4.78 is 1.60. The van der Waals surface area contributed by atoms with Gasteiger partial charge in [-0.1, -0.05) is 0 Å². The minimum Gasteiger partial charge on any atom is -0.368 e. The van der Waals surface area contributed by atoms with Gasteiger partial charge >= 0.3 is 0 Å². The number of aryl methyl sites for hydroxylation is 2. The molecule has 0 spiro atoms. The van der Waals surface area contributed by atoms with Gasteiger partial charge in [-0.3, -0.25) is 9.48 Å². The summed E-state index contributed by atoms with van der Waals surface area (Å²) in [6, 6.07) is 1.78. The van der Waals surface area contributed by atoms with Gasteiger partial charge in [0.1, 0.15) is 5.69 Å². The van der Waals surface area contributed by atoms with Crippen molar-refractivity contribution < 1.29 is 4.79 Å². The Balaban J connectivity index is 1.87. The van der Waals surface area contributed by atoms with Gasteiger partial charge < -0.3 is 10.6 Å². The number of carbonyl (C=O) groups is 1. The van der Waals surface area contributed by atoms with Crippen LogP contribution in [0.5, 0.6) is 0 Å². The largest absolute Gasteiger partial charge is 0.368 e. The van der Waals surface area contributed by atoms with Crippen LogP contribution in [0, 0.1) is 6.92 Å². The number of hydrogen-bond acceptors (Lipinski definition) is 5. The molecule has 1 aliphatic rings. The first-order valence-corrected chi connectivity index (χ1v) is 5.95. The summed E-state index contributed by atoms with van der Waals surface area (Å²) in [6.45, 7) is 2.84. The van der Waals surface area contributed by atoms with E-state index in [-0.39, 0.29) is 11.9 Å². The Labute approximate surface area is 110 Å². The molecule has 0 aromatic carbocycles. The molecule has 1 aliphatic heterocycles. The average Bonchev–Trinajstić information content (AvgIpc) is 2.91. The first-order chi connectivity index (χ1) is 9.04. The topological polar surface area (TPSA) is 89.9 Å². The number of fused-ring (bicyclic) bond motifs is 1. The Morgan fingerprint density at radius 1 is 1.42 bits per heavy atom. The van der Waals surface area contributed by atoms with E-state index in [0.29, 0.717) is 18.8 Å². The Hall–Kier alpha value is -2.44. The minimum atomic E-state index is -0.0559. The summed E-state index contributed by atoms with van der Waals surface area (Å²) >= 11 is 0. The molecule has 0 saturated heterocycles. The van der Waals surface area contributed by atoms with Crippen molar-refractivity contribution in [1.82, 2.24) is 24.6 Å². The third-order valence-corrected chi connectivity index (χ3v) is 3.18.